The zero-order valence-corrected chi connectivity index (χ0v) is 50.4. The predicted molar refractivity (Wildman–Crippen MR) is 334 cm³/mol. The molecule has 0 aliphatic heterocycles. The standard InChI is InChI=1S/C71H120O6/c1-4-7-10-13-16-19-21-23-25-27-29-31-33-34-35-36-38-39-41-43-45-47-49-52-55-58-61-64-70(73)76-67-68(66-75-69(72)63-60-57-54-51-18-15-12-9-6-3)77-71(74)65-62-59-56-53-50-48-46-44-42-40-37-32-30-28-26-24-22-20-17-14-11-8-5-2/h8,11,17,20-21,23-24,26-27,29-30,32-34,40,42,46,48,68H,4-7,9-10,12-16,18-19,22,25,28,31,35-39,41,43-45,47,49-67H2,1-3H3/b11-8-,20-17-,23-21-,26-24-,29-27-,32-30-,34-33-,42-40-,48-46-. The van der Waals surface area contributed by atoms with Crippen molar-refractivity contribution in [2.24, 2.45) is 0 Å². The van der Waals surface area contributed by atoms with Crippen LogP contribution in [0.25, 0.3) is 0 Å². The largest absolute Gasteiger partial charge is 0.462 e. The summed E-state index contributed by atoms with van der Waals surface area (Å²) in [6.07, 6.45) is 88.2. The van der Waals surface area contributed by atoms with Crippen LogP contribution in [0.15, 0.2) is 109 Å². The van der Waals surface area contributed by atoms with E-state index in [1.54, 1.807) is 0 Å². The lowest BCUT2D eigenvalue weighted by atomic mass is 10.0. The molecular weight excluding hydrogens is 949 g/mol. The first-order valence-corrected chi connectivity index (χ1v) is 32.4. The van der Waals surface area contributed by atoms with Gasteiger partial charge in [-0.25, -0.2) is 0 Å². The van der Waals surface area contributed by atoms with Crippen LogP contribution in [0.1, 0.15) is 303 Å². The molecule has 0 heterocycles. The van der Waals surface area contributed by atoms with Gasteiger partial charge in [0.2, 0.25) is 0 Å². The van der Waals surface area contributed by atoms with E-state index in [-0.39, 0.29) is 31.1 Å². The lowest BCUT2D eigenvalue weighted by molar-refractivity contribution is -0.167. The maximum absolute atomic E-state index is 12.9. The molecular formula is C71H120O6. The molecule has 0 aliphatic carbocycles. The Morgan fingerprint density at radius 3 is 0.792 bits per heavy atom. The van der Waals surface area contributed by atoms with Gasteiger partial charge >= 0.3 is 17.9 Å². The van der Waals surface area contributed by atoms with Gasteiger partial charge in [0.15, 0.2) is 6.10 Å². The molecule has 0 aromatic rings. The summed E-state index contributed by atoms with van der Waals surface area (Å²) in [5.41, 5.74) is 0. The lowest BCUT2D eigenvalue weighted by Gasteiger charge is -2.18. The molecule has 0 saturated carbocycles. The molecule has 0 bridgehead atoms. The van der Waals surface area contributed by atoms with Gasteiger partial charge in [0.25, 0.3) is 0 Å². The van der Waals surface area contributed by atoms with Gasteiger partial charge in [-0.1, -0.05) is 284 Å². The third kappa shape index (κ3) is 62.8. The van der Waals surface area contributed by atoms with E-state index >= 15 is 0 Å². The summed E-state index contributed by atoms with van der Waals surface area (Å²) < 4.78 is 16.9. The fourth-order valence-corrected chi connectivity index (χ4v) is 8.92. The number of esters is 3. The minimum absolute atomic E-state index is 0.0882. The summed E-state index contributed by atoms with van der Waals surface area (Å²) in [4.78, 5) is 38.2. The van der Waals surface area contributed by atoms with Gasteiger partial charge in [0.1, 0.15) is 13.2 Å². The number of unbranched alkanes of at least 4 members (excludes halogenated alkanes) is 29. The Kier molecular flexibility index (Phi) is 61.3. The quantitative estimate of drug-likeness (QED) is 0.0261. The highest BCUT2D eigenvalue weighted by atomic mass is 16.6. The van der Waals surface area contributed by atoms with Gasteiger partial charge in [-0.05, 0) is 109 Å². The summed E-state index contributed by atoms with van der Waals surface area (Å²) in [6, 6.07) is 0. The lowest BCUT2D eigenvalue weighted by Crippen LogP contribution is -2.30. The van der Waals surface area contributed by atoms with Gasteiger partial charge in [-0.15, -0.1) is 0 Å². The third-order valence-corrected chi connectivity index (χ3v) is 13.8. The number of carbonyl (C=O) groups is 3. The van der Waals surface area contributed by atoms with E-state index in [9.17, 15) is 14.4 Å². The molecule has 0 aliphatic rings. The van der Waals surface area contributed by atoms with Crippen molar-refractivity contribution in [3.05, 3.63) is 109 Å². The molecule has 1 atom stereocenters. The second-order valence-corrected chi connectivity index (χ2v) is 21.3. The molecule has 0 amide bonds. The van der Waals surface area contributed by atoms with E-state index < -0.39 is 6.10 Å². The molecule has 0 rings (SSSR count). The molecule has 1 unspecified atom stereocenters. The van der Waals surface area contributed by atoms with Gasteiger partial charge in [0.05, 0.1) is 0 Å². The Bertz CT molecular complexity index is 1560. The molecule has 77 heavy (non-hydrogen) atoms. The summed E-state index contributed by atoms with van der Waals surface area (Å²) >= 11 is 0. The predicted octanol–water partition coefficient (Wildman–Crippen LogP) is 22.2. The van der Waals surface area contributed by atoms with Crippen molar-refractivity contribution in [2.75, 3.05) is 13.2 Å². The van der Waals surface area contributed by atoms with Crippen LogP contribution in [0.3, 0.4) is 0 Å². The summed E-state index contributed by atoms with van der Waals surface area (Å²) in [5, 5.41) is 0. The number of allylic oxidation sites excluding steroid dienone is 18. The highest BCUT2D eigenvalue weighted by Crippen LogP contribution is 2.16. The van der Waals surface area contributed by atoms with E-state index in [0.29, 0.717) is 19.3 Å². The number of rotatable bonds is 58. The van der Waals surface area contributed by atoms with Crippen molar-refractivity contribution in [1.29, 1.82) is 0 Å². The summed E-state index contributed by atoms with van der Waals surface area (Å²) in [7, 11) is 0. The van der Waals surface area contributed by atoms with Crippen molar-refractivity contribution in [1.82, 2.24) is 0 Å². The maximum atomic E-state index is 12.9. The number of carbonyl (C=O) groups excluding carboxylic acids is 3. The van der Waals surface area contributed by atoms with Crippen molar-refractivity contribution < 1.29 is 28.6 Å². The maximum Gasteiger partial charge on any atom is 0.306 e. The second-order valence-electron chi connectivity index (χ2n) is 21.3. The van der Waals surface area contributed by atoms with Crippen molar-refractivity contribution in [3.8, 4) is 0 Å². The Morgan fingerprint density at radius 2 is 0.506 bits per heavy atom. The molecule has 0 spiro atoms. The number of ether oxygens (including phenoxy) is 3. The zero-order chi connectivity index (χ0) is 55.7. The van der Waals surface area contributed by atoms with E-state index in [1.165, 1.54) is 141 Å². The Balaban J connectivity index is 4.27. The van der Waals surface area contributed by atoms with E-state index in [1.807, 2.05) is 0 Å². The van der Waals surface area contributed by atoms with Crippen LogP contribution >= 0.6 is 0 Å². The molecule has 0 N–H and O–H groups in total. The SMILES string of the molecule is CC/C=C\C/C=C\C/C=C\C/C=C\C/C=C\C/C=C\CCCCCCC(=O)OC(COC(=O)CCCCCCCCCCC)COC(=O)CCCCCCCCCCCCCC/C=C\C/C=C\C/C=C\CCCCCCC. The molecule has 0 fully saturated rings. The van der Waals surface area contributed by atoms with Gasteiger partial charge in [0, 0.05) is 19.3 Å². The van der Waals surface area contributed by atoms with Gasteiger partial charge in [-0.3, -0.25) is 14.4 Å². The van der Waals surface area contributed by atoms with Crippen LogP contribution in [0, 0.1) is 0 Å². The minimum atomic E-state index is -0.793. The van der Waals surface area contributed by atoms with Gasteiger partial charge < -0.3 is 14.2 Å². The van der Waals surface area contributed by atoms with Crippen LogP contribution in [-0.2, 0) is 28.6 Å². The van der Waals surface area contributed by atoms with Crippen LogP contribution < -0.4 is 0 Å². The van der Waals surface area contributed by atoms with E-state index in [0.717, 1.165) is 122 Å². The molecule has 0 radical (unpaired) electrons. The van der Waals surface area contributed by atoms with E-state index in [4.69, 9.17) is 14.2 Å². The second kappa shape index (κ2) is 64.6. The topological polar surface area (TPSA) is 78.9 Å². The fraction of sp³-hybridized carbons (Fsp3) is 0.704. The van der Waals surface area contributed by atoms with Crippen LogP contribution in [0.2, 0.25) is 0 Å². The van der Waals surface area contributed by atoms with Crippen molar-refractivity contribution in [3.63, 3.8) is 0 Å². The Labute approximate surface area is 476 Å². The normalized spacial score (nSPS) is 12.8. The fourth-order valence-electron chi connectivity index (χ4n) is 8.92. The van der Waals surface area contributed by atoms with Crippen molar-refractivity contribution >= 4 is 17.9 Å². The van der Waals surface area contributed by atoms with Gasteiger partial charge in [-0.2, -0.15) is 0 Å². The first-order valence-electron chi connectivity index (χ1n) is 32.4. The Hall–Kier alpha value is -3.93. The van der Waals surface area contributed by atoms with Crippen LogP contribution in [0.5, 0.6) is 0 Å². The number of hydrogen-bond acceptors (Lipinski definition) is 6. The molecule has 6 heteroatoms. The molecule has 0 aromatic heterocycles. The first-order chi connectivity index (χ1) is 38.0. The monoisotopic (exact) mass is 1070 g/mol. The summed E-state index contributed by atoms with van der Waals surface area (Å²) in [6.45, 7) is 6.49. The highest BCUT2D eigenvalue weighted by molar-refractivity contribution is 5.71. The Morgan fingerprint density at radius 1 is 0.273 bits per heavy atom. The number of hydrogen-bond donors (Lipinski definition) is 0. The average Bonchev–Trinajstić information content (AvgIpc) is 3.43. The smallest absolute Gasteiger partial charge is 0.306 e. The molecule has 6 nitrogen and oxygen atoms in total. The zero-order valence-electron chi connectivity index (χ0n) is 50.4. The van der Waals surface area contributed by atoms with Crippen LogP contribution in [-0.4, -0.2) is 37.2 Å². The van der Waals surface area contributed by atoms with Crippen molar-refractivity contribution in [2.45, 2.75) is 309 Å². The molecule has 0 saturated heterocycles. The molecule has 440 valence electrons. The van der Waals surface area contributed by atoms with Crippen LogP contribution in [0.4, 0.5) is 0 Å². The molecule has 0 aromatic carbocycles. The average molecular weight is 1070 g/mol. The highest BCUT2D eigenvalue weighted by Gasteiger charge is 2.19. The summed E-state index contributed by atoms with van der Waals surface area (Å²) in [5.74, 6) is -0.912. The third-order valence-electron chi connectivity index (χ3n) is 13.8. The minimum Gasteiger partial charge on any atom is -0.462 e. The van der Waals surface area contributed by atoms with E-state index in [2.05, 4.69) is 130 Å². The first kappa shape index (κ1) is 73.1.